The summed E-state index contributed by atoms with van der Waals surface area (Å²) < 4.78 is 80.3. The van der Waals surface area contributed by atoms with Crippen molar-refractivity contribution in [2.75, 3.05) is 68.5 Å². The summed E-state index contributed by atoms with van der Waals surface area (Å²) in [6.45, 7) is 20.0. The van der Waals surface area contributed by atoms with Gasteiger partial charge in [0.2, 0.25) is 0 Å². The number of halogens is 1. The summed E-state index contributed by atoms with van der Waals surface area (Å²) >= 11 is 2.20. The predicted octanol–water partition coefficient (Wildman–Crippen LogP) is 19.9. The van der Waals surface area contributed by atoms with E-state index in [1.54, 1.807) is 38.6 Å². The molecule has 0 bridgehead atoms. The van der Waals surface area contributed by atoms with Gasteiger partial charge in [0.15, 0.2) is 59.6 Å². The molecule has 6 aromatic carbocycles. The normalized spacial score (nSPS) is 15.4. The van der Waals surface area contributed by atoms with Crippen molar-refractivity contribution in [3.8, 4) is 57.5 Å². The number of hydrogen-bond donors (Lipinski definition) is 2. The maximum absolute atomic E-state index is 14.7. The van der Waals surface area contributed by atoms with Crippen LogP contribution in [0.1, 0.15) is 234 Å². The zero-order valence-electron chi connectivity index (χ0n) is 65.2. The molecule has 1 heterocycles. The number of phenolic OH excluding ortho intramolecular Hbond substituents is 2. The van der Waals surface area contributed by atoms with Crippen molar-refractivity contribution in [3.05, 3.63) is 158 Å². The van der Waals surface area contributed by atoms with E-state index in [1.165, 1.54) is 14.2 Å². The average Bonchev–Trinajstić information content (AvgIpc) is 1.10. The fourth-order valence-corrected chi connectivity index (χ4v) is 15.9. The molecule has 0 radical (unpaired) electrons. The number of carbonyl (C=O) groups excluding carboxylic acids is 3. The lowest BCUT2D eigenvalue weighted by atomic mass is 9.74. The Kier molecular flexibility index (Phi) is 29.2. The summed E-state index contributed by atoms with van der Waals surface area (Å²) in [5.74, 6) is 2.25. The molecule has 4 unspecified atom stereocenters. The molecule has 2 fully saturated rings. The molecule has 1 aromatic heterocycles. The zero-order chi connectivity index (χ0) is 77.1. The number of nitrogens with zero attached hydrogens (tertiary/aromatic N) is 1. The van der Waals surface area contributed by atoms with Crippen LogP contribution in [-0.4, -0.2) is 113 Å². The van der Waals surface area contributed by atoms with Gasteiger partial charge in [0, 0.05) is 15.8 Å². The van der Waals surface area contributed by atoms with Gasteiger partial charge in [-0.3, -0.25) is 14.6 Å². The zero-order valence-corrected chi connectivity index (χ0v) is 67.3. The van der Waals surface area contributed by atoms with Gasteiger partial charge in [0.1, 0.15) is 52.6 Å². The quantitative estimate of drug-likeness (QED) is 0.0119. The van der Waals surface area contributed by atoms with Crippen LogP contribution >= 0.6 is 22.6 Å². The highest BCUT2D eigenvalue weighted by atomic mass is 127. The van der Waals surface area contributed by atoms with Crippen LogP contribution in [0.15, 0.2) is 121 Å². The molecule has 0 spiro atoms. The fraction of sp³-hybridized carbons (Fsp3) is 0.517. The standard InChI is InChI=1S/C87H112INO18/c1-15-57(46-63(61-28-32-68(90)72(48-61)95-11)53-83(5,6)81(93)106-86(17-3)37-22-23-38-86)59-30-34-70(74(50-59)97-13)103-55-99-42-44-101-76-52-66(80(92)105-85(9,10)65-26-20-19-21-27-65)79(77-67(88)36-41-89-78(76)77)102-45-43-100-56-104-71-35-31-60(51-75(71)98-14)58(16-2)47-64(62-29-33-69(91)73(49-62)96-12)54-84(7,8)82(94)107-87(18-4)39-24-25-40-87/h19-21,26-36,41,48-52,57-58,63-64,90-91H,15-18,22-25,37-40,42-47,53-56H2,1-14H3. The van der Waals surface area contributed by atoms with Crippen LogP contribution in [0, 0.1) is 14.4 Å². The highest BCUT2D eigenvalue weighted by Gasteiger charge is 2.44. The largest absolute Gasteiger partial charge is 0.504 e. The second kappa shape index (κ2) is 37.7. The Morgan fingerprint density at radius 2 is 0.925 bits per heavy atom. The summed E-state index contributed by atoms with van der Waals surface area (Å²) in [6.07, 6.45) is 15.0. The topological polar surface area (TPSA) is 225 Å². The van der Waals surface area contributed by atoms with Gasteiger partial charge in [-0.25, -0.2) is 4.79 Å². The van der Waals surface area contributed by atoms with E-state index >= 15 is 0 Å². The molecule has 2 N–H and O–H groups in total. The molecule has 7 aromatic rings. The molecular formula is C87H112INO18. The third kappa shape index (κ3) is 21.0. The Hall–Kier alpha value is -8.21. The lowest BCUT2D eigenvalue weighted by molar-refractivity contribution is -0.172. The first-order chi connectivity index (χ1) is 51.3. The van der Waals surface area contributed by atoms with Crippen LogP contribution in [0.25, 0.3) is 10.9 Å². The number of phenols is 2. The molecule has 20 heteroatoms. The number of rotatable bonds is 41. The molecule has 0 aliphatic heterocycles. The number of fused-ring (bicyclic) bond motifs is 1. The first kappa shape index (κ1) is 82.8. The van der Waals surface area contributed by atoms with Gasteiger partial charge in [-0.05, 0) is 273 Å². The van der Waals surface area contributed by atoms with Crippen LogP contribution in [0.5, 0.6) is 57.5 Å². The van der Waals surface area contributed by atoms with Gasteiger partial charge in [-0.1, -0.05) is 82.3 Å². The molecule has 580 valence electrons. The number of methoxy groups -OCH3 is 4. The highest BCUT2D eigenvalue weighted by molar-refractivity contribution is 14.1. The SMILES string of the molecule is CCC(CC(CC(C)(C)C(=O)OC1(CC)CCCC1)c1ccc(O)c(OC)c1)c1ccc(OCOCCOc2cc(C(=O)OC(C)(C)c3ccccc3)c(OCCOCOc3ccc(C(CC)CC(CC(C)(C)C(=O)OC4(CC)CCCC4)c4ccc(O)c(OC)c4)cc3OC)c3c(I)ccnc23)c(OC)c1. The Morgan fingerprint density at radius 3 is 1.36 bits per heavy atom. The van der Waals surface area contributed by atoms with E-state index in [-0.39, 0.29) is 98.4 Å². The maximum Gasteiger partial charge on any atom is 0.342 e. The van der Waals surface area contributed by atoms with Crippen molar-refractivity contribution < 1.29 is 86.2 Å². The van der Waals surface area contributed by atoms with Crippen molar-refractivity contribution in [2.45, 2.75) is 212 Å². The van der Waals surface area contributed by atoms with Crippen molar-refractivity contribution in [2.24, 2.45) is 10.8 Å². The van der Waals surface area contributed by atoms with E-state index in [4.69, 9.17) is 66.6 Å². The van der Waals surface area contributed by atoms with Crippen molar-refractivity contribution >= 4 is 51.4 Å². The minimum Gasteiger partial charge on any atom is -0.504 e. The maximum atomic E-state index is 14.7. The Bertz CT molecular complexity index is 4090. The number of benzene rings is 6. The molecule has 107 heavy (non-hydrogen) atoms. The molecule has 9 rings (SSSR count). The summed E-state index contributed by atoms with van der Waals surface area (Å²) in [4.78, 5) is 47.7. The van der Waals surface area contributed by atoms with E-state index in [0.717, 1.165) is 108 Å². The number of hydrogen-bond acceptors (Lipinski definition) is 19. The Morgan fingerprint density at radius 1 is 0.495 bits per heavy atom. The van der Waals surface area contributed by atoms with Crippen molar-refractivity contribution in [1.29, 1.82) is 0 Å². The molecule has 19 nitrogen and oxygen atoms in total. The van der Waals surface area contributed by atoms with Crippen LogP contribution < -0.4 is 37.9 Å². The second-order valence-electron chi connectivity index (χ2n) is 30.3. The molecule has 2 aliphatic rings. The molecule has 4 atom stereocenters. The van der Waals surface area contributed by atoms with Crippen LogP contribution in [-0.2, 0) is 38.9 Å². The number of ether oxygens (including phenoxy) is 13. The number of esters is 3. The van der Waals surface area contributed by atoms with Gasteiger partial charge < -0.3 is 71.8 Å². The number of carbonyl (C=O) groups is 3. The van der Waals surface area contributed by atoms with Crippen LogP contribution in [0.3, 0.4) is 0 Å². The van der Waals surface area contributed by atoms with Gasteiger partial charge in [0.05, 0.1) is 57.9 Å². The lowest BCUT2D eigenvalue weighted by Gasteiger charge is -2.35. The molecule has 2 aliphatic carbocycles. The predicted molar refractivity (Wildman–Crippen MR) is 421 cm³/mol. The number of pyridine rings is 1. The molecule has 2 saturated carbocycles. The third-order valence-electron chi connectivity index (χ3n) is 21.8. The third-order valence-corrected chi connectivity index (χ3v) is 22.7. The summed E-state index contributed by atoms with van der Waals surface area (Å²) in [6, 6.07) is 35.6. The van der Waals surface area contributed by atoms with E-state index in [1.807, 2.05) is 139 Å². The van der Waals surface area contributed by atoms with E-state index < -0.39 is 33.6 Å². The average molecular weight is 1590 g/mol. The van der Waals surface area contributed by atoms with Gasteiger partial charge in [-0.2, -0.15) is 0 Å². The fourth-order valence-electron chi connectivity index (χ4n) is 15.2. The first-order valence-electron chi connectivity index (χ1n) is 37.9. The number of aromatic nitrogens is 1. The smallest absolute Gasteiger partial charge is 0.342 e. The highest BCUT2D eigenvalue weighted by Crippen LogP contribution is 2.49. The van der Waals surface area contributed by atoms with E-state index in [9.17, 15) is 24.6 Å². The van der Waals surface area contributed by atoms with Crippen molar-refractivity contribution in [1.82, 2.24) is 4.98 Å². The Labute approximate surface area is 646 Å². The number of aromatic hydroxyl groups is 2. The van der Waals surface area contributed by atoms with Gasteiger partial charge in [-0.15, -0.1) is 0 Å². The second-order valence-corrected chi connectivity index (χ2v) is 31.4. The molecular weight excluding hydrogens is 1470 g/mol. The van der Waals surface area contributed by atoms with Crippen LogP contribution in [0.4, 0.5) is 0 Å². The summed E-state index contributed by atoms with van der Waals surface area (Å²) in [5.41, 5.74) is 1.87. The lowest BCUT2D eigenvalue weighted by Crippen LogP contribution is -2.38. The summed E-state index contributed by atoms with van der Waals surface area (Å²) in [7, 11) is 6.27. The monoisotopic (exact) mass is 1590 g/mol. The minimum atomic E-state index is -1.04. The molecule has 0 saturated heterocycles. The van der Waals surface area contributed by atoms with E-state index in [2.05, 4.69) is 50.3 Å². The van der Waals surface area contributed by atoms with Gasteiger partial charge >= 0.3 is 17.9 Å². The molecule has 0 amide bonds. The van der Waals surface area contributed by atoms with E-state index in [0.29, 0.717) is 76.8 Å². The van der Waals surface area contributed by atoms with Crippen LogP contribution in [0.2, 0.25) is 0 Å². The first-order valence-corrected chi connectivity index (χ1v) is 39.0. The summed E-state index contributed by atoms with van der Waals surface area (Å²) in [5, 5.41) is 21.8. The Balaban J connectivity index is 0.844. The minimum absolute atomic E-state index is 0.0118. The van der Waals surface area contributed by atoms with Gasteiger partial charge in [0.25, 0.3) is 0 Å². The van der Waals surface area contributed by atoms with Crippen molar-refractivity contribution in [3.63, 3.8) is 0 Å².